The van der Waals surface area contributed by atoms with Crippen molar-refractivity contribution < 1.29 is 23.9 Å². The summed E-state index contributed by atoms with van der Waals surface area (Å²) in [5.41, 5.74) is 2.31. The van der Waals surface area contributed by atoms with E-state index in [1.54, 1.807) is 36.4 Å². The van der Waals surface area contributed by atoms with Crippen LogP contribution in [0.2, 0.25) is 5.02 Å². The molecule has 192 valence electrons. The van der Waals surface area contributed by atoms with Crippen LogP contribution in [0.15, 0.2) is 78.9 Å². The number of imide groups is 1. The number of amides is 3. The van der Waals surface area contributed by atoms with Crippen LogP contribution in [0.4, 0.5) is 11.4 Å². The van der Waals surface area contributed by atoms with Crippen molar-refractivity contribution in [1.29, 1.82) is 0 Å². The molecule has 8 heteroatoms. The lowest BCUT2D eigenvalue weighted by molar-refractivity contribution is -0.123. The maximum Gasteiger partial charge on any atom is 0.338 e. The van der Waals surface area contributed by atoms with Gasteiger partial charge < -0.3 is 10.1 Å². The zero-order chi connectivity index (χ0) is 26.4. The number of hydrogen-bond donors (Lipinski definition) is 1. The van der Waals surface area contributed by atoms with Gasteiger partial charge in [-0.1, -0.05) is 54.1 Å². The number of benzene rings is 3. The third kappa shape index (κ3) is 4.17. The highest BCUT2D eigenvalue weighted by molar-refractivity contribution is 6.33. The van der Waals surface area contributed by atoms with Crippen LogP contribution >= 0.6 is 11.6 Å². The molecule has 7 nitrogen and oxygen atoms in total. The third-order valence-electron chi connectivity index (χ3n) is 8.09. The Labute approximate surface area is 224 Å². The Morgan fingerprint density at radius 1 is 0.868 bits per heavy atom. The number of fused-ring (bicyclic) bond motifs is 5. The highest BCUT2D eigenvalue weighted by atomic mass is 35.5. The zero-order valence-electron chi connectivity index (χ0n) is 20.4. The summed E-state index contributed by atoms with van der Waals surface area (Å²) in [6, 6.07) is 23.1. The second kappa shape index (κ2) is 9.72. The lowest BCUT2D eigenvalue weighted by Gasteiger charge is -2.28. The smallest absolute Gasteiger partial charge is 0.338 e. The number of halogens is 1. The Bertz CT molecular complexity index is 1420. The molecule has 2 bridgehead atoms. The summed E-state index contributed by atoms with van der Waals surface area (Å²) in [6.07, 6.45) is 1.84. The molecule has 5 atom stereocenters. The molecule has 1 N–H and O–H groups in total. The predicted molar refractivity (Wildman–Crippen MR) is 142 cm³/mol. The van der Waals surface area contributed by atoms with E-state index in [0.29, 0.717) is 22.3 Å². The first-order valence-electron chi connectivity index (χ1n) is 12.7. The Kier molecular flexibility index (Phi) is 6.24. The van der Waals surface area contributed by atoms with Gasteiger partial charge in [0.15, 0.2) is 6.61 Å². The first-order chi connectivity index (χ1) is 18.4. The summed E-state index contributed by atoms with van der Waals surface area (Å²) < 4.78 is 5.12. The molecule has 3 amide bonds. The Balaban J connectivity index is 1.11. The molecule has 1 aliphatic heterocycles. The number of nitrogens with zero attached hydrogens (tertiary/aromatic N) is 1. The van der Waals surface area contributed by atoms with Gasteiger partial charge in [-0.3, -0.25) is 19.3 Å². The van der Waals surface area contributed by atoms with E-state index in [2.05, 4.69) is 17.4 Å². The summed E-state index contributed by atoms with van der Waals surface area (Å²) in [6.45, 7) is -0.483. The van der Waals surface area contributed by atoms with E-state index in [1.165, 1.54) is 22.6 Å². The molecule has 6 rings (SSSR count). The molecule has 2 saturated carbocycles. The minimum absolute atomic E-state index is 0.148. The number of hydrogen-bond acceptors (Lipinski definition) is 5. The Hall–Kier alpha value is -3.97. The monoisotopic (exact) mass is 528 g/mol. The molecule has 1 heterocycles. The summed E-state index contributed by atoms with van der Waals surface area (Å²) in [4.78, 5) is 52.8. The van der Waals surface area contributed by atoms with Gasteiger partial charge in [-0.25, -0.2) is 4.79 Å². The van der Waals surface area contributed by atoms with Crippen LogP contribution in [0.25, 0.3) is 0 Å². The van der Waals surface area contributed by atoms with E-state index in [1.807, 2.05) is 18.2 Å². The van der Waals surface area contributed by atoms with Crippen molar-refractivity contribution in [1.82, 2.24) is 0 Å². The molecule has 0 radical (unpaired) electrons. The van der Waals surface area contributed by atoms with Crippen LogP contribution in [0.5, 0.6) is 0 Å². The number of nitrogens with one attached hydrogen (secondary N) is 1. The largest absolute Gasteiger partial charge is 0.452 e. The van der Waals surface area contributed by atoms with Crippen LogP contribution in [-0.2, 0) is 19.1 Å². The zero-order valence-corrected chi connectivity index (χ0v) is 21.1. The average Bonchev–Trinajstić information content (AvgIpc) is 3.60. The average molecular weight is 529 g/mol. The number of anilines is 2. The fraction of sp³-hybridized carbons (Fsp3) is 0.267. The number of para-hydroxylation sites is 1. The van der Waals surface area contributed by atoms with Crippen LogP contribution in [-0.4, -0.2) is 30.3 Å². The van der Waals surface area contributed by atoms with Gasteiger partial charge in [-0.15, -0.1) is 0 Å². The lowest BCUT2D eigenvalue weighted by atomic mass is 9.73. The summed E-state index contributed by atoms with van der Waals surface area (Å²) in [7, 11) is 0. The van der Waals surface area contributed by atoms with Gasteiger partial charge in [0, 0.05) is 0 Å². The van der Waals surface area contributed by atoms with Crippen molar-refractivity contribution in [2.24, 2.45) is 23.7 Å². The highest BCUT2D eigenvalue weighted by Crippen LogP contribution is 2.61. The molecule has 3 aliphatic rings. The van der Waals surface area contributed by atoms with Crippen molar-refractivity contribution in [3.63, 3.8) is 0 Å². The van der Waals surface area contributed by atoms with Gasteiger partial charge in [0.1, 0.15) is 0 Å². The van der Waals surface area contributed by atoms with Gasteiger partial charge in [0.25, 0.3) is 5.91 Å². The first kappa shape index (κ1) is 24.4. The Morgan fingerprint density at radius 3 is 2.29 bits per heavy atom. The van der Waals surface area contributed by atoms with Crippen LogP contribution in [0, 0.1) is 23.7 Å². The minimum atomic E-state index is -0.689. The van der Waals surface area contributed by atoms with E-state index < -0.39 is 18.5 Å². The molecule has 3 aromatic rings. The maximum absolute atomic E-state index is 13.5. The summed E-state index contributed by atoms with van der Waals surface area (Å²) >= 11 is 6.03. The molecule has 1 saturated heterocycles. The van der Waals surface area contributed by atoms with Gasteiger partial charge in [0.05, 0.1) is 33.8 Å². The fourth-order valence-electron chi connectivity index (χ4n) is 6.51. The number of carbonyl (C=O) groups is 4. The number of rotatable bonds is 6. The molecule has 0 spiro atoms. The molecular formula is C30H25ClN2O5. The highest BCUT2D eigenvalue weighted by Gasteiger charge is 2.64. The number of esters is 1. The van der Waals surface area contributed by atoms with Gasteiger partial charge in [-0.05, 0) is 72.6 Å². The number of carbonyl (C=O) groups excluding carboxylic acids is 4. The summed E-state index contributed by atoms with van der Waals surface area (Å²) in [5, 5.41) is 2.96. The van der Waals surface area contributed by atoms with Gasteiger partial charge in [-0.2, -0.15) is 0 Å². The van der Waals surface area contributed by atoms with Crippen molar-refractivity contribution in [3.05, 3.63) is 95.0 Å². The normalized spacial score (nSPS) is 25.4. The molecule has 38 heavy (non-hydrogen) atoms. The van der Waals surface area contributed by atoms with Crippen LogP contribution in [0.1, 0.15) is 34.7 Å². The quantitative estimate of drug-likeness (QED) is 0.356. The minimum Gasteiger partial charge on any atom is -0.452 e. The van der Waals surface area contributed by atoms with E-state index in [0.717, 1.165) is 12.8 Å². The molecular weight excluding hydrogens is 504 g/mol. The topological polar surface area (TPSA) is 92.8 Å². The fourth-order valence-corrected chi connectivity index (χ4v) is 6.69. The standard InChI is InChI=1S/C30H25ClN2O5/c31-23-8-4-5-9-24(23)32-25(34)16-38-30(37)18-10-12-20(13-11-18)33-28(35)26-19-14-21(17-6-2-1-3-7-17)22(15-19)27(26)29(33)36/h1-13,19,21-22,26-27H,14-16H2,(H,32,34)/t19-,21+,22+,26+,27-/m0/s1. The second-order valence-corrected chi connectivity index (χ2v) is 10.5. The van der Waals surface area contributed by atoms with Gasteiger partial charge >= 0.3 is 5.97 Å². The van der Waals surface area contributed by atoms with Crippen molar-refractivity contribution in [2.75, 3.05) is 16.8 Å². The van der Waals surface area contributed by atoms with Gasteiger partial charge in [0.2, 0.25) is 11.8 Å². The van der Waals surface area contributed by atoms with Crippen LogP contribution < -0.4 is 10.2 Å². The maximum atomic E-state index is 13.5. The van der Waals surface area contributed by atoms with Crippen molar-refractivity contribution >= 4 is 46.7 Å². The van der Waals surface area contributed by atoms with E-state index in [4.69, 9.17) is 16.3 Å². The third-order valence-corrected chi connectivity index (χ3v) is 8.42. The molecule has 3 fully saturated rings. The molecule has 0 unspecified atom stereocenters. The lowest BCUT2D eigenvalue weighted by Crippen LogP contribution is -2.33. The molecule has 3 aromatic carbocycles. The second-order valence-electron chi connectivity index (χ2n) is 10.1. The van der Waals surface area contributed by atoms with Crippen LogP contribution in [0.3, 0.4) is 0 Å². The first-order valence-corrected chi connectivity index (χ1v) is 13.0. The van der Waals surface area contributed by atoms with E-state index >= 15 is 0 Å². The Morgan fingerprint density at radius 2 is 1.55 bits per heavy atom. The van der Waals surface area contributed by atoms with Crippen molar-refractivity contribution in [3.8, 4) is 0 Å². The van der Waals surface area contributed by atoms with E-state index in [9.17, 15) is 19.2 Å². The van der Waals surface area contributed by atoms with Crippen molar-refractivity contribution in [2.45, 2.75) is 18.8 Å². The SMILES string of the molecule is O=C(COC(=O)c1ccc(N2C(=O)[C@@H]3[C@@H]4C[C@@H]([C@@H]3C2=O)[C@@H](c2ccccc2)C4)cc1)Nc1ccccc1Cl. The molecule has 2 aliphatic carbocycles. The molecule has 0 aromatic heterocycles. The number of ether oxygens (including phenoxy) is 1. The predicted octanol–water partition coefficient (Wildman–Crippen LogP) is 5.06. The summed E-state index contributed by atoms with van der Waals surface area (Å²) in [5.74, 6) is -1.40. The van der Waals surface area contributed by atoms with E-state index in [-0.39, 0.29) is 41.0 Å².